The average Bonchev–Trinajstić information content (AvgIpc) is 2.69. The summed E-state index contributed by atoms with van der Waals surface area (Å²) in [7, 11) is 0. The van der Waals surface area contributed by atoms with Gasteiger partial charge in [-0.1, -0.05) is 12.1 Å². The molecule has 0 aliphatic carbocycles. The molecule has 2 N–H and O–H groups in total. The van der Waals surface area contributed by atoms with Crippen LogP contribution in [-0.4, -0.2) is 43.9 Å². The molecule has 150 valence electrons. The molecule has 2 heterocycles. The predicted molar refractivity (Wildman–Crippen MR) is 101 cm³/mol. The summed E-state index contributed by atoms with van der Waals surface area (Å²) in [6.45, 7) is 1.77. The van der Waals surface area contributed by atoms with Crippen LogP contribution in [0.15, 0.2) is 42.6 Å². The van der Waals surface area contributed by atoms with Crippen molar-refractivity contribution in [2.45, 2.75) is 19.6 Å². The summed E-state index contributed by atoms with van der Waals surface area (Å²) in [6.07, 6.45) is 1.59. The topological polar surface area (TPSA) is 75.7 Å². The van der Waals surface area contributed by atoms with Crippen molar-refractivity contribution in [2.75, 3.05) is 36.5 Å². The molecular weight excluding hydrogens is 370 g/mol. The minimum atomic E-state index is -2.89. The standard InChI is InChI=1S/C19H22F2N4O3/c1-13(14-3-2-4-16(11-14)28-18(20)21)23-19(26)24-15-5-6-17(22-12-15)25-7-9-27-10-8-25/h2-6,11-13,18H,7-10H2,1H3,(H2,23,24,26). The van der Waals surface area contributed by atoms with Crippen LogP contribution in [0.2, 0.25) is 0 Å². The predicted octanol–water partition coefficient (Wildman–Crippen LogP) is 3.40. The quantitative estimate of drug-likeness (QED) is 0.788. The van der Waals surface area contributed by atoms with Crippen LogP contribution in [0.25, 0.3) is 0 Å². The first-order chi connectivity index (χ1) is 13.5. The zero-order chi connectivity index (χ0) is 19.9. The monoisotopic (exact) mass is 392 g/mol. The van der Waals surface area contributed by atoms with Gasteiger partial charge in [0.25, 0.3) is 0 Å². The van der Waals surface area contributed by atoms with Gasteiger partial charge in [-0.15, -0.1) is 0 Å². The van der Waals surface area contributed by atoms with E-state index >= 15 is 0 Å². The van der Waals surface area contributed by atoms with E-state index < -0.39 is 18.7 Å². The van der Waals surface area contributed by atoms with Crippen molar-refractivity contribution in [3.05, 3.63) is 48.2 Å². The fourth-order valence-electron chi connectivity index (χ4n) is 2.85. The van der Waals surface area contributed by atoms with E-state index in [0.29, 0.717) is 24.5 Å². The third-order valence-corrected chi connectivity index (χ3v) is 4.27. The second-order valence-corrected chi connectivity index (χ2v) is 6.28. The lowest BCUT2D eigenvalue weighted by Gasteiger charge is -2.27. The van der Waals surface area contributed by atoms with Crippen LogP contribution in [0.5, 0.6) is 5.75 Å². The zero-order valence-electron chi connectivity index (χ0n) is 15.4. The lowest BCUT2D eigenvalue weighted by molar-refractivity contribution is -0.0499. The Morgan fingerprint density at radius 1 is 1.25 bits per heavy atom. The highest BCUT2D eigenvalue weighted by Gasteiger charge is 2.14. The maximum Gasteiger partial charge on any atom is 0.387 e. The Morgan fingerprint density at radius 2 is 2.04 bits per heavy atom. The number of amides is 2. The molecule has 1 saturated heterocycles. The van der Waals surface area contributed by atoms with Crippen LogP contribution in [-0.2, 0) is 4.74 Å². The number of pyridine rings is 1. The third-order valence-electron chi connectivity index (χ3n) is 4.27. The van der Waals surface area contributed by atoms with Crippen molar-refractivity contribution in [3.63, 3.8) is 0 Å². The number of halogens is 2. The molecule has 1 atom stereocenters. The maximum atomic E-state index is 12.3. The largest absolute Gasteiger partial charge is 0.435 e. The van der Waals surface area contributed by atoms with E-state index in [9.17, 15) is 13.6 Å². The van der Waals surface area contributed by atoms with Gasteiger partial charge in [0.05, 0.1) is 31.1 Å². The lowest BCUT2D eigenvalue weighted by Crippen LogP contribution is -2.36. The molecule has 0 bridgehead atoms. The van der Waals surface area contributed by atoms with Gasteiger partial charge in [0.1, 0.15) is 11.6 Å². The summed E-state index contributed by atoms with van der Waals surface area (Å²) < 4.78 is 34.4. The Hall–Kier alpha value is -2.94. The Labute approximate surface area is 161 Å². The number of carbonyl (C=O) groups excluding carboxylic acids is 1. The first-order valence-corrected chi connectivity index (χ1v) is 8.92. The highest BCUT2D eigenvalue weighted by Crippen LogP contribution is 2.21. The molecule has 2 aromatic rings. The van der Waals surface area contributed by atoms with E-state index in [1.807, 2.05) is 6.07 Å². The van der Waals surface area contributed by atoms with Gasteiger partial charge in [-0.3, -0.25) is 0 Å². The number of hydrogen-bond acceptors (Lipinski definition) is 5. The number of morpholine rings is 1. The highest BCUT2D eigenvalue weighted by molar-refractivity contribution is 5.89. The SMILES string of the molecule is CC(NC(=O)Nc1ccc(N2CCOCC2)nc1)c1cccc(OC(F)F)c1. The summed E-state index contributed by atoms with van der Waals surface area (Å²) in [4.78, 5) is 18.7. The van der Waals surface area contributed by atoms with Gasteiger partial charge in [0.2, 0.25) is 0 Å². The minimum Gasteiger partial charge on any atom is -0.435 e. The van der Waals surface area contributed by atoms with Crippen LogP contribution in [0.1, 0.15) is 18.5 Å². The van der Waals surface area contributed by atoms with Crippen molar-refractivity contribution in [1.29, 1.82) is 0 Å². The smallest absolute Gasteiger partial charge is 0.387 e. The first-order valence-electron chi connectivity index (χ1n) is 8.92. The van der Waals surface area contributed by atoms with E-state index in [1.54, 1.807) is 31.3 Å². The van der Waals surface area contributed by atoms with Gasteiger partial charge in [-0.2, -0.15) is 8.78 Å². The number of urea groups is 1. The lowest BCUT2D eigenvalue weighted by atomic mass is 10.1. The molecule has 0 saturated carbocycles. The molecule has 3 rings (SSSR count). The number of carbonyl (C=O) groups is 1. The first kappa shape index (κ1) is 19.8. The second kappa shape index (κ2) is 9.32. The summed E-state index contributed by atoms with van der Waals surface area (Å²) in [5.41, 5.74) is 1.20. The number of hydrogen-bond donors (Lipinski definition) is 2. The summed E-state index contributed by atoms with van der Waals surface area (Å²) in [6, 6.07) is 9.02. The summed E-state index contributed by atoms with van der Waals surface area (Å²) in [5.74, 6) is 0.878. The van der Waals surface area contributed by atoms with Gasteiger partial charge >= 0.3 is 12.6 Å². The number of ether oxygens (including phenoxy) is 2. The Kier molecular flexibility index (Phi) is 6.59. The van der Waals surface area contributed by atoms with E-state index in [1.165, 1.54) is 12.1 Å². The Bertz CT molecular complexity index is 783. The number of nitrogens with one attached hydrogen (secondary N) is 2. The molecule has 0 radical (unpaired) electrons. The average molecular weight is 392 g/mol. The number of nitrogens with zero attached hydrogens (tertiary/aromatic N) is 2. The molecule has 1 aromatic carbocycles. The number of aromatic nitrogens is 1. The number of alkyl halides is 2. The summed E-state index contributed by atoms with van der Waals surface area (Å²) >= 11 is 0. The van der Waals surface area contributed by atoms with E-state index in [2.05, 4.69) is 25.3 Å². The Balaban J connectivity index is 1.54. The van der Waals surface area contributed by atoms with Gasteiger partial charge in [-0.05, 0) is 36.8 Å². The fraction of sp³-hybridized carbons (Fsp3) is 0.368. The number of benzene rings is 1. The molecule has 1 aliphatic rings. The number of rotatable bonds is 6. The van der Waals surface area contributed by atoms with Crippen molar-refractivity contribution in [3.8, 4) is 5.75 Å². The Morgan fingerprint density at radius 3 is 2.71 bits per heavy atom. The van der Waals surface area contributed by atoms with Crippen LogP contribution in [0.4, 0.5) is 25.1 Å². The van der Waals surface area contributed by atoms with Gasteiger partial charge in [0, 0.05) is 13.1 Å². The molecule has 1 fully saturated rings. The molecule has 0 spiro atoms. The van der Waals surface area contributed by atoms with Crippen molar-refractivity contribution in [1.82, 2.24) is 10.3 Å². The molecule has 9 heteroatoms. The van der Waals surface area contributed by atoms with Crippen LogP contribution in [0, 0.1) is 0 Å². The molecule has 1 unspecified atom stereocenters. The second-order valence-electron chi connectivity index (χ2n) is 6.28. The molecule has 28 heavy (non-hydrogen) atoms. The van der Waals surface area contributed by atoms with Crippen molar-refractivity contribution >= 4 is 17.5 Å². The van der Waals surface area contributed by atoms with E-state index in [4.69, 9.17) is 4.74 Å². The molecule has 2 amide bonds. The van der Waals surface area contributed by atoms with Crippen molar-refractivity contribution < 1.29 is 23.0 Å². The third kappa shape index (κ3) is 5.53. The molecular formula is C19H22F2N4O3. The van der Waals surface area contributed by atoms with E-state index in [0.717, 1.165) is 18.9 Å². The van der Waals surface area contributed by atoms with Crippen LogP contribution >= 0.6 is 0 Å². The number of anilines is 2. The fourth-order valence-corrected chi connectivity index (χ4v) is 2.85. The van der Waals surface area contributed by atoms with Crippen LogP contribution < -0.4 is 20.3 Å². The van der Waals surface area contributed by atoms with Gasteiger partial charge < -0.3 is 25.0 Å². The maximum absolute atomic E-state index is 12.3. The molecule has 1 aromatic heterocycles. The molecule has 7 nitrogen and oxygen atoms in total. The zero-order valence-corrected chi connectivity index (χ0v) is 15.4. The summed E-state index contributed by atoms with van der Waals surface area (Å²) in [5, 5.41) is 5.47. The van der Waals surface area contributed by atoms with Crippen molar-refractivity contribution in [2.24, 2.45) is 0 Å². The van der Waals surface area contributed by atoms with Crippen LogP contribution in [0.3, 0.4) is 0 Å². The van der Waals surface area contributed by atoms with Gasteiger partial charge in [0.15, 0.2) is 0 Å². The van der Waals surface area contributed by atoms with E-state index in [-0.39, 0.29) is 5.75 Å². The minimum absolute atomic E-state index is 0.0458. The van der Waals surface area contributed by atoms with Gasteiger partial charge in [-0.25, -0.2) is 9.78 Å². The molecule has 1 aliphatic heterocycles. The normalized spacial score (nSPS) is 15.2. The highest BCUT2D eigenvalue weighted by atomic mass is 19.3.